The summed E-state index contributed by atoms with van der Waals surface area (Å²) in [7, 11) is 1.67. The van der Waals surface area contributed by atoms with Crippen molar-refractivity contribution >= 4 is 28.1 Å². The zero-order valence-corrected chi connectivity index (χ0v) is 24.2. The second kappa shape index (κ2) is 11.8. The summed E-state index contributed by atoms with van der Waals surface area (Å²) in [5.41, 5.74) is 2.07. The molecule has 0 radical (unpaired) electrons. The van der Waals surface area contributed by atoms with Crippen LogP contribution in [0.1, 0.15) is 59.8 Å². The number of aliphatic carboxylic acids is 1. The zero-order chi connectivity index (χ0) is 28.4. The number of benzene rings is 1. The van der Waals surface area contributed by atoms with Crippen LogP contribution in [-0.2, 0) is 25.6 Å². The van der Waals surface area contributed by atoms with Crippen LogP contribution in [0.15, 0.2) is 41.1 Å². The lowest BCUT2D eigenvalue weighted by atomic mass is 9.72. The number of nitrogens with zero attached hydrogens (tertiary/aromatic N) is 2. The molecule has 2 aliphatic rings. The van der Waals surface area contributed by atoms with Gasteiger partial charge in [-0.05, 0) is 50.3 Å². The molecule has 0 aliphatic carbocycles. The topological polar surface area (TPSA) is 111 Å². The van der Waals surface area contributed by atoms with Gasteiger partial charge in [0.25, 0.3) is 0 Å². The lowest BCUT2D eigenvalue weighted by Crippen LogP contribution is -2.49. The first kappa shape index (κ1) is 28.5. The van der Waals surface area contributed by atoms with Crippen molar-refractivity contribution in [2.24, 2.45) is 11.3 Å². The van der Waals surface area contributed by atoms with Crippen molar-refractivity contribution in [3.8, 4) is 10.8 Å². The molecule has 40 heavy (non-hydrogen) atoms. The number of anilines is 1. The molecule has 1 aromatic carbocycles. The quantitative estimate of drug-likeness (QED) is 0.338. The average Bonchev–Trinajstić information content (AvgIpc) is 3.59. The van der Waals surface area contributed by atoms with Gasteiger partial charge in [0.15, 0.2) is 5.78 Å². The van der Waals surface area contributed by atoms with Gasteiger partial charge in [-0.3, -0.25) is 9.59 Å². The third-order valence-corrected chi connectivity index (χ3v) is 9.38. The minimum absolute atomic E-state index is 0.0273. The van der Waals surface area contributed by atoms with Gasteiger partial charge in [-0.2, -0.15) is 0 Å². The lowest BCUT2D eigenvalue weighted by molar-refractivity contribution is -0.149. The van der Waals surface area contributed by atoms with Crippen molar-refractivity contribution in [1.29, 1.82) is 0 Å². The number of hydrogen-bond acceptors (Lipinski definition) is 9. The van der Waals surface area contributed by atoms with Crippen LogP contribution in [-0.4, -0.2) is 61.4 Å². The molecular formula is C30H36N2O7S. The maximum Gasteiger partial charge on any atom is 0.309 e. The van der Waals surface area contributed by atoms with Crippen LogP contribution >= 0.6 is 11.3 Å². The van der Waals surface area contributed by atoms with E-state index in [4.69, 9.17) is 18.6 Å². The summed E-state index contributed by atoms with van der Waals surface area (Å²) in [6, 6.07) is 8.07. The van der Waals surface area contributed by atoms with Gasteiger partial charge in [0.1, 0.15) is 17.4 Å². The summed E-state index contributed by atoms with van der Waals surface area (Å²) in [6.45, 7) is 7.57. The molecule has 0 saturated carbocycles. The summed E-state index contributed by atoms with van der Waals surface area (Å²) in [4.78, 5) is 33.5. The standard InChI is InChI=1S/C30H36N2O7S/c1-18-24-25(33)22(30(2,3)29(34)35)15-32(28(24)40-26(18)27-31-11-14-38-27)16-23(39-20-9-12-37-13-10-20)21-8-6-5-7-19(21)17-36-4/h5-8,11,14,20,22-23H,9-10,12-13,15-17H2,1-4H3,(H,34,35)/t22?,23-/m0/s1. The van der Waals surface area contributed by atoms with E-state index in [1.165, 1.54) is 17.6 Å². The Kier molecular flexibility index (Phi) is 8.42. The van der Waals surface area contributed by atoms with Gasteiger partial charge in [-0.15, -0.1) is 11.3 Å². The van der Waals surface area contributed by atoms with Crippen LogP contribution in [0.5, 0.6) is 0 Å². The number of carbonyl (C=O) groups excluding carboxylic acids is 1. The second-order valence-electron chi connectivity index (χ2n) is 11.0. The van der Waals surface area contributed by atoms with Crippen LogP contribution in [0, 0.1) is 18.3 Å². The monoisotopic (exact) mass is 568 g/mol. The van der Waals surface area contributed by atoms with Crippen molar-refractivity contribution in [1.82, 2.24) is 4.98 Å². The highest BCUT2D eigenvalue weighted by Crippen LogP contribution is 2.48. The zero-order valence-electron chi connectivity index (χ0n) is 23.3. The number of rotatable bonds is 10. The highest BCUT2D eigenvalue weighted by molar-refractivity contribution is 7.20. The Morgan fingerprint density at radius 2 is 2.02 bits per heavy atom. The molecule has 1 unspecified atom stereocenters. The molecule has 0 spiro atoms. The van der Waals surface area contributed by atoms with Crippen LogP contribution in [0.2, 0.25) is 0 Å². The predicted octanol–water partition coefficient (Wildman–Crippen LogP) is 5.52. The summed E-state index contributed by atoms with van der Waals surface area (Å²) < 4.78 is 23.5. The van der Waals surface area contributed by atoms with Gasteiger partial charge in [0.2, 0.25) is 5.89 Å². The maximum absolute atomic E-state index is 13.9. The van der Waals surface area contributed by atoms with Gasteiger partial charge in [0, 0.05) is 33.4 Å². The van der Waals surface area contributed by atoms with Gasteiger partial charge in [-0.1, -0.05) is 24.3 Å². The molecule has 0 amide bonds. The number of ketones is 1. The first-order valence-electron chi connectivity index (χ1n) is 13.6. The fourth-order valence-corrected chi connectivity index (χ4v) is 6.84. The number of aromatic nitrogens is 1. The fourth-order valence-electron chi connectivity index (χ4n) is 5.57. The smallest absolute Gasteiger partial charge is 0.309 e. The van der Waals surface area contributed by atoms with E-state index in [-0.39, 0.29) is 24.5 Å². The Hall–Kier alpha value is -3.05. The molecule has 3 aromatic rings. The minimum Gasteiger partial charge on any atom is -0.481 e. The molecule has 10 heteroatoms. The summed E-state index contributed by atoms with van der Waals surface area (Å²) in [6.07, 6.45) is 4.37. The second-order valence-corrected chi connectivity index (χ2v) is 12.0. The maximum atomic E-state index is 13.9. The Bertz CT molecular complexity index is 1340. The van der Waals surface area contributed by atoms with Crippen molar-refractivity contribution in [2.45, 2.75) is 52.4 Å². The van der Waals surface area contributed by atoms with E-state index in [0.717, 1.165) is 39.4 Å². The number of carboxylic acids is 1. The first-order valence-corrected chi connectivity index (χ1v) is 14.4. The van der Waals surface area contributed by atoms with E-state index in [1.54, 1.807) is 27.2 Å². The Morgan fingerprint density at radius 1 is 1.27 bits per heavy atom. The predicted molar refractivity (Wildman–Crippen MR) is 151 cm³/mol. The summed E-state index contributed by atoms with van der Waals surface area (Å²) in [5.74, 6) is -1.47. The molecule has 1 N–H and O–H groups in total. The van der Waals surface area contributed by atoms with E-state index < -0.39 is 17.3 Å². The van der Waals surface area contributed by atoms with E-state index in [1.807, 2.05) is 25.1 Å². The number of fused-ring (bicyclic) bond motifs is 1. The van der Waals surface area contributed by atoms with E-state index in [0.29, 0.717) is 37.8 Å². The number of hydrogen-bond donors (Lipinski definition) is 1. The summed E-state index contributed by atoms with van der Waals surface area (Å²) >= 11 is 1.45. The molecule has 1 saturated heterocycles. The number of oxazole rings is 1. The van der Waals surface area contributed by atoms with Crippen molar-refractivity contribution in [3.63, 3.8) is 0 Å². The van der Waals surface area contributed by atoms with Gasteiger partial charge in [-0.25, -0.2) is 4.98 Å². The number of carbonyl (C=O) groups is 2. The Morgan fingerprint density at radius 3 is 2.70 bits per heavy atom. The number of thiophene rings is 1. The van der Waals surface area contributed by atoms with Gasteiger partial charge >= 0.3 is 5.97 Å². The highest BCUT2D eigenvalue weighted by Gasteiger charge is 2.48. The van der Waals surface area contributed by atoms with Crippen molar-refractivity contribution in [2.75, 3.05) is 38.3 Å². The molecule has 9 nitrogen and oxygen atoms in total. The number of carboxylic acid groups (broad SMARTS) is 1. The van der Waals surface area contributed by atoms with Gasteiger partial charge in [0.05, 0.1) is 40.7 Å². The van der Waals surface area contributed by atoms with E-state index >= 15 is 0 Å². The lowest BCUT2D eigenvalue weighted by Gasteiger charge is -2.41. The molecular weight excluding hydrogens is 532 g/mol. The first-order chi connectivity index (χ1) is 19.2. The Labute approximate surface area is 238 Å². The number of ether oxygens (including phenoxy) is 3. The van der Waals surface area contributed by atoms with Crippen molar-refractivity contribution < 1.29 is 33.3 Å². The largest absolute Gasteiger partial charge is 0.481 e. The van der Waals surface area contributed by atoms with E-state index in [9.17, 15) is 14.7 Å². The number of Topliss-reactive ketones (excluding diaryl/α,β-unsaturated/α-hetero) is 1. The molecule has 2 aliphatic heterocycles. The average molecular weight is 569 g/mol. The van der Waals surface area contributed by atoms with Crippen molar-refractivity contribution in [3.05, 3.63) is 59.0 Å². The third-order valence-electron chi connectivity index (χ3n) is 8.04. The van der Waals surface area contributed by atoms with Gasteiger partial charge < -0.3 is 28.6 Å². The number of methoxy groups -OCH3 is 1. The molecule has 2 atom stereocenters. The molecule has 1 fully saturated rings. The van der Waals surface area contributed by atoms with Crippen LogP contribution < -0.4 is 4.90 Å². The van der Waals surface area contributed by atoms with E-state index in [2.05, 4.69) is 16.0 Å². The molecule has 5 rings (SSSR count). The normalized spacial score (nSPS) is 19.1. The molecule has 214 valence electrons. The minimum atomic E-state index is -1.27. The third kappa shape index (κ3) is 5.45. The van der Waals surface area contributed by atoms with Crippen LogP contribution in [0.25, 0.3) is 10.8 Å². The molecule has 4 heterocycles. The molecule has 0 bridgehead atoms. The summed E-state index contributed by atoms with van der Waals surface area (Å²) in [5, 5.41) is 10.9. The SMILES string of the molecule is COCc1ccccc1[C@H](CN1CC(C(C)(C)C(=O)O)C(=O)c2c1sc(-c1ncco1)c2C)OC1CCOCC1. The fraction of sp³-hybridized carbons (Fsp3) is 0.500. The molecule has 2 aromatic heterocycles. The Balaban J connectivity index is 1.59. The van der Waals surface area contributed by atoms with Crippen LogP contribution in [0.4, 0.5) is 5.00 Å². The van der Waals surface area contributed by atoms with Crippen LogP contribution in [0.3, 0.4) is 0 Å². The highest BCUT2D eigenvalue weighted by atomic mass is 32.1.